The second-order valence-corrected chi connectivity index (χ2v) is 6.23. The highest BCUT2D eigenvalue weighted by Crippen LogP contribution is 2.16. The zero-order chi connectivity index (χ0) is 16.8. The third kappa shape index (κ3) is 4.55. The van der Waals surface area contributed by atoms with E-state index in [1.165, 1.54) is 0 Å². The van der Waals surface area contributed by atoms with Crippen molar-refractivity contribution in [2.75, 3.05) is 32.8 Å². The van der Waals surface area contributed by atoms with Gasteiger partial charge < -0.3 is 14.5 Å². The van der Waals surface area contributed by atoms with Gasteiger partial charge in [0.2, 0.25) is 5.91 Å². The van der Waals surface area contributed by atoms with E-state index < -0.39 is 0 Å². The largest absolute Gasteiger partial charge is 0.441 e. The molecule has 0 spiro atoms. The lowest BCUT2D eigenvalue weighted by Crippen LogP contribution is -2.47. The van der Waals surface area contributed by atoms with Crippen LogP contribution in [0.25, 0.3) is 11.1 Å². The molecule has 6 nitrogen and oxygen atoms in total. The number of fused-ring (bicyclic) bond motifs is 1. The fraction of sp³-hybridized carbons (Fsp3) is 0.556. The molecule has 1 N–H and O–H groups in total. The van der Waals surface area contributed by atoms with Crippen molar-refractivity contribution in [3.63, 3.8) is 0 Å². The normalized spacial score (nSPS) is 17.0. The molecule has 1 aliphatic heterocycles. The van der Waals surface area contributed by atoms with Gasteiger partial charge in [-0.3, -0.25) is 9.69 Å². The summed E-state index contributed by atoms with van der Waals surface area (Å²) in [5, 5.41) is 3.02. The van der Waals surface area contributed by atoms with Gasteiger partial charge in [0.05, 0.1) is 13.2 Å². The minimum absolute atomic E-state index is 0.0891. The maximum absolute atomic E-state index is 12.0. The van der Waals surface area contributed by atoms with Crippen LogP contribution in [0.15, 0.2) is 28.7 Å². The van der Waals surface area contributed by atoms with E-state index in [9.17, 15) is 4.79 Å². The Morgan fingerprint density at radius 2 is 2.12 bits per heavy atom. The smallest absolute Gasteiger partial charge is 0.220 e. The molecule has 1 amide bonds. The summed E-state index contributed by atoms with van der Waals surface area (Å²) in [6.45, 7) is 6.26. The van der Waals surface area contributed by atoms with Gasteiger partial charge in [0, 0.05) is 38.5 Å². The molecule has 1 atom stereocenters. The van der Waals surface area contributed by atoms with Gasteiger partial charge in [0.25, 0.3) is 0 Å². The molecule has 1 fully saturated rings. The van der Waals surface area contributed by atoms with Crippen LogP contribution in [0.5, 0.6) is 0 Å². The van der Waals surface area contributed by atoms with Gasteiger partial charge in [0.1, 0.15) is 5.52 Å². The van der Waals surface area contributed by atoms with E-state index in [2.05, 4.69) is 22.1 Å². The highest BCUT2D eigenvalue weighted by atomic mass is 16.5. The lowest BCUT2D eigenvalue weighted by atomic mass is 10.2. The van der Waals surface area contributed by atoms with Crippen LogP contribution in [0.1, 0.15) is 25.7 Å². The van der Waals surface area contributed by atoms with Crippen molar-refractivity contribution >= 4 is 17.0 Å². The molecular formula is C18H25N3O3. The molecule has 0 saturated carbocycles. The molecule has 1 saturated heterocycles. The average molecular weight is 331 g/mol. The van der Waals surface area contributed by atoms with Crippen LogP contribution >= 0.6 is 0 Å². The molecule has 3 rings (SSSR count). The molecular weight excluding hydrogens is 306 g/mol. The van der Waals surface area contributed by atoms with Crippen molar-refractivity contribution in [1.29, 1.82) is 0 Å². The summed E-state index contributed by atoms with van der Waals surface area (Å²) in [5.41, 5.74) is 1.67. The number of aromatic nitrogens is 1. The number of hydrogen-bond donors (Lipinski definition) is 1. The highest BCUT2D eigenvalue weighted by Gasteiger charge is 2.17. The molecule has 2 aromatic rings. The number of rotatable bonds is 7. The van der Waals surface area contributed by atoms with Gasteiger partial charge in [-0.1, -0.05) is 12.1 Å². The van der Waals surface area contributed by atoms with E-state index in [1.54, 1.807) is 0 Å². The van der Waals surface area contributed by atoms with Crippen molar-refractivity contribution < 1.29 is 13.9 Å². The number of aryl methyl sites for hydroxylation is 1. The van der Waals surface area contributed by atoms with E-state index in [0.717, 1.165) is 43.8 Å². The number of nitrogens with zero attached hydrogens (tertiary/aromatic N) is 2. The summed E-state index contributed by atoms with van der Waals surface area (Å²) in [4.78, 5) is 18.8. The molecule has 0 aliphatic carbocycles. The molecule has 130 valence electrons. The Labute approximate surface area is 142 Å². The predicted octanol–water partition coefficient (Wildman–Crippen LogP) is 1.99. The minimum atomic E-state index is 0.0891. The molecule has 0 bridgehead atoms. The number of carbonyl (C=O) groups excluding carboxylic acids is 1. The SMILES string of the molecule is CC(CNC(=O)CCCc1nc2ccccc2o1)N1CCOCC1. The van der Waals surface area contributed by atoms with Crippen molar-refractivity contribution in [1.82, 2.24) is 15.2 Å². The first-order valence-electron chi connectivity index (χ1n) is 8.65. The van der Waals surface area contributed by atoms with Gasteiger partial charge in [-0.05, 0) is 25.5 Å². The summed E-state index contributed by atoms with van der Waals surface area (Å²) in [7, 11) is 0. The summed E-state index contributed by atoms with van der Waals surface area (Å²) in [6.07, 6.45) is 1.92. The molecule has 1 aliphatic rings. The second kappa shape index (κ2) is 8.26. The van der Waals surface area contributed by atoms with Crippen LogP contribution in [-0.2, 0) is 16.0 Å². The molecule has 1 aromatic carbocycles. The summed E-state index contributed by atoms with van der Waals surface area (Å²) in [5.74, 6) is 0.789. The number of benzene rings is 1. The monoisotopic (exact) mass is 331 g/mol. The number of amides is 1. The van der Waals surface area contributed by atoms with Crippen LogP contribution < -0.4 is 5.32 Å². The maximum Gasteiger partial charge on any atom is 0.220 e. The minimum Gasteiger partial charge on any atom is -0.441 e. The molecule has 2 heterocycles. The number of carbonyl (C=O) groups is 1. The first-order chi connectivity index (χ1) is 11.7. The number of ether oxygens (including phenoxy) is 1. The lowest BCUT2D eigenvalue weighted by molar-refractivity contribution is -0.121. The third-order valence-corrected chi connectivity index (χ3v) is 4.40. The molecule has 1 aromatic heterocycles. The Kier molecular flexibility index (Phi) is 5.82. The van der Waals surface area contributed by atoms with Gasteiger partial charge in [-0.2, -0.15) is 0 Å². The van der Waals surface area contributed by atoms with Gasteiger partial charge >= 0.3 is 0 Å². The number of oxazole rings is 1. The number of nitrogens with one attached hydrogen (secondary N) is 1. The zero-order valence-corrected chi connectivity index (χ0v) is 14.2. The Balaban J connectivity index is 1.36. The Morgan fingerprint density at radius 3 is 2.92 bits per heavy atom. The van der Waals surface area contributed by atoms with E-state index >= 15 is 0 Å². The Bertz CT molecular complexity index is 631. The van der Waals surface area contributed by atoms with Crippen molar-refractivity contribution in [2.45, 2.75) is 32.2 Å². The molecule has 0 radical (unpaired) electrons. The Hall–Kier alpha value is -1.92. The molecule has 6 heteroatoms. The van der Waals surface area contributed by atoms with Crippen molar-refractivity contribution in [2.24, 2.45) is 0 Å². The summed E-state index contributed by atoms with van der Waals surface area (Å²) >= 11 is 0. The van der Waals surface area contributed by atoms with Crippen LogP contribution in [0.2, 0.25) is 0 Å². The standard InChI is InChI=1S/C18H25N3O3/c1-14(21-9-11-23-12-10-21)13-19-17(22)7-4-8-18-20-15-5-2-3-6-16(15)24-18/h2-3,5-6,14H,4,7-13H2,1H3,(H,19,22). The van der Waals surface area contributed by atoms with E-state index in [-0.39, 0.29) is 5.91 Å². The van der Waals surface area contributed by atoms with E-state index in [0.29, 0.717) is 31.3 Å². The number of para-hydroxylation sites is 2. The third-order valence-electron chi connectivity index (χ3n) is 4.40. The van der Waals surface area contributed by atoms with Gasteiger partial charge in [-0.15, -0.1) is 0 Å². The predicted molar refractivity (Wildman–Crippen MR) is 91.8 cm³/mol. The van der Waals surface area contributed by atoms with Crippen molar-refractivity contribution in [3.05, 3.63) is 30.2 Å². The van der Waals surface area contributed by atoms with Gasteiger partial charge in [0.15, 0.2) is 11.5 Å². The topological polar surface area (TPSA) is 67.6 Å². The summed E-state index contributed by atoms with van der Waals surface area (Å²) in [6, 6.07) is 8.06. The van der Waals surface area contributed by atoms with E-state index in [4.69, 9.17) is 9.15 Å². The number of hydrogen-bond acceptors (Lipinski definition) is 5. The van der Waals surface area contributed by atoms with Crippen LogP contribution in [0.3, 0.4) is 0 Å². The average Bonchev–Trinajstić information content (AvgIpc) is 3.03. The quantitative estimate of drug-likeness (QED) is 0.840. The fourth-order valence-corrected chi connectivity index (χ4v) is 2.92. The van der Waals surface area contributed by atoms with Crippen LogP contribution in [0.4, 0.5) is 0 Å². The zero-order valence-electron chi connectivity index (χ0n) is 14.2. The highest BCUT2D eigenvalue weighted by molar-refractivity contribution is 5.76. The molecule has 24 heavy (non-hydrogen) atoms. The van der Waals surface area contributed by atoms with E-state index in [1.807, 2.05) is 24.3 Å². The fourth-order valence-electron chi connectivity index (χ4n) is 2.92. The van der Waals surface area contributed by atoms with Crippen LogP contribution in [0, 0.1) is 0 Å². The van der Waals surface area contributed by atoms with Gasteiger partial charge in [-0.25, -0.2) is 4.98 Å². The van der Waals surface area contributed by atoms with Crippen LogP contribution in [-0.4, -0.2) is 54.7 Å². The summed E-state index contributed by atoms with van der Waals surface area (Å²) < 4.78 is 11.0. The Morgan fingerprint density at radius 1 is 1.33 bits per heavy atom. The maximum atomic E-state index is 12.0. The van der Waals surface area contributed by atoms with Crippen molar-refractivity contribution in [3.8, 4) is 0 Å². The lowest BCUT2D eigenvalue weighted by Gasteiger charge is -2.32. The first kappa shape index (κ1) is 16.9. The second-order valence-electron chi connectivity index (χ2n) is 6.23. The first-order valence-corrected chi connectivity index (χ1v) is 8.65. The molecule has 1 unspecified atom stereocenters. The number of morpholine rings is 1.